The molecule has 1 saturated carbocycles. The minimum Gasteiger partial charge on any atom is -0.466 e. The molecule has 1 amide bonds. The third kappa shape index (κ3) is 3.71. The van der Waals surface area contributed by atoms with Crippen molar-refractivity contribution in [3.63, 3.8) is 0 Å². The van der Waals surface area contributed by atoms with Crippen molar-refractivity contribution in [1.29, 1.82) is 0 Å². The molecule has 1 aromatic carbocycles. The number of hydrogen-bond acceptors (Lipinski definition) is 4. The number of carbonyl (C=O) groups excluding carboxylic acids is 2. The summed E-state index contributed by atoms with van der Waals surface area (Å²) in [5.74, 6) is -0.611. The molecular weight excluding hydrogens is 316 g/mol. The van der Waals surface area contributed by atoms with Crippen LogP contribution in [0.5, 0.6) is 0 Å². The van der Waals surface area contributed by atoms with Crippen molar-refractivity contribution in [3.8, 4) is 0 Å². The smallest absolute Gasteiger partial charge is 0.306 e. The van der Waals surface area contributed by atoms with E-state index in [0.29, 0.717) is 13.0 Å². The van der Waals surface area contributed by atoms with Crippen molar-refractivity contribution < 1.29 is 14.3 Å². The summed E-state index contributed by atoms with van der Waals surface area (Å²) in [7, 11) is 0. The van der Waals surface area contributed by atoms with Crippen LogP contribution < -0.4 is 5.32 Å². The first-order valence-corrected chi connectivity index (χ1v) is 9.51. The third-order valence-corrected chi connectivity index (χ3v) is 5.91. The second kappa shape index (κ2) is 7.16. The van der Waals surface area contributed by atoms with Crippen LogP contribution in [0.2, 0.25) is 0 Å². The number of anilines is 1. The molecule has 0 spiro atoms. The Labute approximate surface area is 148 Å². The van der Waals surface area contributed by atoms with Gasteiger partial charge in [-0.1, -0.05) is 12.5 Å². The summed E-state index contributed by atoms with van der Waals surface area (Å²) in [6.07, 6.45) is 7.01. The van der Waals surface area contributed by atoms with Gasteiger partial charge in [0, 0.05) is 24.8 Å². The maximum Gasteiger partial charge on any atom is 0.306 e. The fraction of sp³-hybridized carbons (Fsp3) is 0.600. The number of cyclic esters (lactones) is 1. The molecule has 5 nitrogen and oxygen atoms in total. The van der Waals surface area contributed by atoms with Gasteiger partial charge in [-0.3, -0.25) is 14.5 Å². The Bertz CT molecular complexity index is 669. The second-order valence-corrected chi connectivity index (χ2v) is 7.50. The summed E-state index contributed by atoms with van der Waals surface area (Å²) >= 11 is 0. The highest BCUT2D eigenvalue weighted by atomic mass is 16.5. The van der Waals surface area contributed by atoms with Gasteiger partial charge in [-0.15, -0.1) is 0 Å². The fourth-order valence-electron chi connectivity index (χ4n) is 4.08. The Hall–Kier alpha value is -1.88. The van der Waals surface area contributed by atoms with Crippen molar-refractivity contribution in [2.24, 2.45) is 5.92 Å². The van der Waals surface area contributed by atoms with Gasteiger partial charge >= 0.3 is 5.97 Å². The van der Waals surface area contributed by atoms with E-state index in [1.165, 1.54) is 30.4 Å². The van der Waals surface area contributed by atoms with E-state index in [2.05, 4.69) is 22.3 Å². The highest BCUT2D eigenvalue weighted by Gasteiger charge is 2.28. The van der Waals surface area contributed by atoms with Crippen molar-refractivity contribution in [2.75, 3.05) is 25.0 Å². The van der Waals surface area contributed by atoms with Crippen LogP contribution in [-0.4, -0.2) is 42.5 Å². The lowest BCUT2D eigenvalue weighted by Gasteiger charge is -2.36. The first kappa shape index (κ1) is 16.6. The van der Waals surface area contributed by atoms with Crippen LogP contribution in [-0.2, 0) is 27.2 Å². The summed E-state index contributed by atoms with van der Waals surface area (Å²) in [6, 6.07) is 7.07. The van der Waals surface area contributed by atoms with Crippen LogP contribution in [0, 0.1) is 5.92 Å². The zero-order chi connectivity index (χ0) is 17.2. The Morgan fingerprint density at radius 1 is 1.12 bits per heavy atom. The molecule has 0 radical (unpaired) electrons. The Morgan fingerprint density at radius 3 is 2.64 bits per heavy atom. The molecule has 4 rings (SSSR count). The number of ether oxygens (including phenoxy) is 1. The molecule has 0 bridgehead atoms. The standard InChI is InChI=1S/C20H26N2O3/c23-19-13-16(8-11-25-19)20(24)21-17-5-4-14-6-9-22(18-2-1-3-18)10-7-15(14)12-17/h4-5,12,16,18H,1-3,6-11,13H2,(H,21,24). The van der Waals surface area contributed by atoms with E-state index in [4.69, 9.17) is 4.74 Å². The van der Waals surface area contributed by atoms with Crippen LogP contribution in [0.25, 0.3) is 0 Å². The molecule has 2 aliphatic heterocycles. The molecule has 5 heteroatoms. The zero-order valence-corrected chi connectivity index (χ0v) is 14.6. The lowest BCUT2D eigenvalue weighted by molar-refractivity contribution is -0.151. The molecular formula is C20H26N2O3. The average molecular weight is 342 g/mol. The second-order valence-electron chi connectivity index (χ2n) is 7.50. The Morgan fingerprint density at radius 2 is 1.92 bits per heavy atom. The van der Waals surface area contributed by atoms with Crippen LogP contribution in [0.3, 0.4) is 0 Å². The van der Waals surface area contributed by atoms with Gasteiger partial charge < -0.3 is 10.1 Å². The van der Waals surface area contributed by atoms with Gasteiger partial charge in [0.05, 0.1) is 18.9 Å². The summed E-state index contributed by atoms with van der Waals surface area (Å²) in [4.78, 5) is 26.4. The van der Waals surface area contributed by atoms with Gasteiger partial charge in [0.2, 0.25) is 5.91 Å². The number of nitrogens with one attached hydrogen (secondary N) is 1. The molecule has 25 heavy (non-hydrogen) atoms. The lowest BCUT2D eigenvalue weighted by atomic mass is 9.91. The molecule has 2 fully saturated rings. The van der Waals surface area contributed by atoms with Crippen LogP contribution >= 0.6 is 0 Å². The van der Waals surface area contributed by atoms with Gasteiger partial charge in [0.15, 0.2) is 0 Å². The number of nitrogens with zero attached hydrogens (tertiary/aromatic N) is 1. The monoisotopic (exact) mass is 342 g/mol. The van der Waals surface area contributed by atoms with Gasteiger partial charge in [-0.05, 0) is 55.4 Å². The number of rotatable bonds is 3. The first-order valence-electron chi connectivity index (χ1n) is 9.51. The molecule has 1 aromatic rings. The Balaban J connectivity index is 1.40. The van der Waals surface area contributed by atoms with Crippen LogP contribution in [0.4, 0.5) is 5.69 Å². The van der Waals surface area contributed by atoms with Crippen molar-refractivity contribution >= 4 is 17.6 Å². The van der Waals surface area contributed by atoms with Crippen molar-refractivity contribution in [3.05, 3.63) is 29.3 Å². The lowest BCUT2D eigenvalue weighted by Crippen LogP contribution is -2.41. The highest BCUT2D eigenvalue weighted by molar-refractivity contribution is 5.95. The van der Waals surface area contributed by atoms with Gasteiger partial charge in [-0.25, -0.2) is 0 Å². The molecule has 2 heterocycles. The maximum atomic E-state index is 12.4. The number of hydrogen-bond donors (Lipinski definition) is 1. The van der Waals surface area contributed by atoms with E-state index in [1.807, 2.05) is 6.07 Å². The van der Waals surface area contributed by atoms with Gasteiger partial charge in [0.1, 0.15) is 0 Å². The average Bonchev–Trinajstić information content (AvgIpc) is 2.76. The number of carbonyl (C=O) groups is 2. The SMILES string of the molecule is O=C1CC(C(=O)Nc2ccc3c(c2)CCN(C2CCC2)CC3)CCO1. The molecule has 3 aliphatic rings. The Kier molecular flexibility index (Phi) is 4.75. The fourth-order valence-corrected chi connectivity index (χ4v) is 4.08. The third-order valence-electron chi connectivity index (χ3n) is 5.91. The summed E-state index contributed by atoms with van der Waals surface area (Å²) in [5, 5.41) is 3.00. The summed E-state index contributed by atoms with van der Waals surface area (Å²) in [5.41, 5.74) is 3.60. The van der Waals surface area contributed by atoms with Crippen LogP contribution in [0.1, 0.15) is 43.2 Å². The molecule has 0 aromatic heterocycles. The highest BCUT2D eigenvalue weighted by Crippen LogP contribution is 2.28. The van der Waals surface area contributed by atoms with E-state index >= 15 is 0 Å². The van der Waals surface area contributed by atoms with Crippen molar-refractivity contribution in [2.45, 2.75) is 51.0 Å². The maximum absolute atomic E-state index is 12.4. The predicted molar refractivity (Wildman–Crippen MR) is 95.4 cm³/mol. The number of fused-ring (bicyclic) bond motifs is 1. The molecule has 1 aliphatic carbocycles. The molecule has 1 unspecified atom stereocenters. The topological polar surface area (TPSA) is 58.6 Å². The van der Waals surface area contributed by atoms with E-state index in [1.54, 1.807) is 0 Å². The van der Waals surface area contributed by atoms with E-state index < -0.39 is 0 Å². The molecule has 134 valence electrons. The summed E-state index contributed by atoms with van der Waals surface area (Å²) < 4.78 is 4.92. The van der Waals surface area contributed by atoms with E-state index in [-0.39, 0.29) is 24.2 Å². The molecule has 1 atom stereocenters. The number of benzene rings is 1. The predicted octanol–water partition coefficient (Wildman–Crippen LogP) is 2.53. The first-order chi connectivity index (χ1) is 12.2. The van der Waals surface area contributed by atoms with E-state index in [9.17, 15) is 9.59 Å². The largest absolute Gasteiger partial charge is 0.466 e. The zero-order valence-electron chi connectivity index (χ0n) is 14.6. The van der Waals surface area contributed by atoms with Crippen LogP contribution in [0.15, 0.2) is 18.2 Å². The summed E-state index contributed by atoms with van der Waals surface area (Å²) in [6.45, 7) is 2.61. The normalized spacial score (nSPS) is 24.6. The van der Waals surface area contributed by atoms with Gasteiger partial charge in [-0.2, -0.15) is 0 Å². The van der Waals surface area contributed by atoms with Crippen molar-refractivity contribution in [1.82, 2.24) is 4.90 Å². The van der Waals surface area contributed by atoms with E-state index in [0.717, 1.165) is 37.7 Å². The number of esters is 1. The van der Waals surface area contributed by atoms with Gasteiger partial charge in [0.25, 0.3) is 0 Å². The number of amides is 1. The molecule has 1 N–H and O–H groups in total. The minimum atomic E-state index is -0.274. The minimum absolute atomic E-state index is 0.0682. The quantitative estimate of drug-likeness (QED) is 0.858. The molecule has 1 saturated heterocycles.